The number of carbonyl (C=O) groups excluding carboxylic acids is 1. The largest absolute Gasteiger partial charge is 0.371 e. The van der Waals surface area contributed by atoms with Crippen LogP contribution in [0.3, 0.4) is 0 Å². The van der Waals surface area contributed by atoms with Gasteiger partial charge in [0.1, 0.15) is 6.10 Å². The quantitative estimate of drug-likeness (QED) is 0.894. The molecule has 0 saturated carbocycles. The Hall–Kier alpha value is -1.10. The maximum Gasteiger partial charge on any atom is 0.224 e. The summed E-state index contributed by atoms with van der Waals surface area (Å²) in [5.41, 5.74) is 8.16. The lowest BCUT2D eigenvalue weighted by atomic mass is 9.94. The molecule has 4 unspecified atom stereocenters. The third kappa shape index (κ3) is 4.70. The molecule has 4 nitrogen and oxygen atoms in total. The van der Waals surface area contributed by atoms with Crippen molar-refractivity contribution in [1.29, 1.82) is 0 Å². The Morgan fingerprint density at radius 2 is 1.95 bits per heavy atom. The van der Waals surface area contributed by atoms with Crippen molar-refractivity contribution in [2.45, 2.75) is 51.8 Å². The zero-order chi connectivity index (χ0) is 15.4. The SMILES string of the molecule is Cc1ccc(C2OCCCC2NC(=O)C(C)C(C)N)cc1.Cl. The van der Waals surface area contributed by atoms with Crippen molar-refractivity contribution >= 4 is 18.3 Å². The average molecular weight is 327 g/mol. The summed E-state index contributed by atoms with van der Waals surface area (Å²) in [6.07, 6.45) is 1.85. The van der Waals surface area contributed by atoms with Gasteiger partial charge < -0.3 is 15.8 Å². The van der Waals surface area contributed by atoms with Gasteiger partial charge in [-0.25, -0.2) is 0 Å². The molecule has 1 aliphatic heterocycles. The highest BCUT2D eigenvalue weighted by Crippen LogP contribution is 2.29. The zero-order valence-corrected chi connectivity index (χ0v) is 14.4. The predicted molar refractivity (Wildman–Crippen MR) is 91.1 cm³/mol. The lowest BCUT2D eigenvalue weighted by molar-refractivity contribution is -0.128. The van der Waals surface area contributed by atoms with Gasteiger partial charge in [0, 0.05) is 18.6 Å². The maximum atomic E-state index is 12.2. The van der Waals surface area contributed by atoms with E-state index in [-0.39, 0.29) is 42.4 Å². The highest BCUT2D eigenvalue weighted by molar-refractivity contribution is 5.85. The van der Waals surface area contributed by atoms with Gasteiger partial charge in [-0.15, -0.1) is 12.4 Å². The van der Waals surface area contributed by atoms with Crippen LogP contribution in [0.15, 0.2) is 24.3 Å². The third-order valence-corrected chi connectivity index (χ3v) is 4.26. The zero-order valence-electron chi connectivity index (χ0n) is 13.5. The van der Waals surface area contributed by atoms with Gasteiger partial charge in [-0.2, -0.15) is 0 Å². The predicted octanol–water partition coefficient (Wildman–Crippen LogP) is 2.74. The molecule has 0 aliphatic carbocycles. The van der Waals surface area contributed by atoms with Gasteiger partial charge in [0.15, 0.2) is 0 Å². The number of carbonyl (C=O) groups is 1. The molecule has 0 spiro atoms. The van der Waals surface area contributed by atoms with Gasteiger partial charge in [-0.3, -0.25) is 4.79 Å². The monoisotopic (exact) mass is 326 g/mol. The van der Waals surface area contributed by atoms with E-state index in [1.165, 1.54) is 5.56 Å². The minimum atomic E-state index is -0.189. The second-order valence-corrected chi connectivity index (χ2v) is 6.11. The number of nitrogens with one attached hydrogen (secondary N) is 1. The van der Waals surface area contributed by atoms with E-state index in [1.807, 2.05) is 13.8 Å². The lowest BCUT2D eigenvalue weighted by Gasteiger charge is -2.33. The highest BCUT2D eigenvalue weighted by Gasteiger charge is 2.30. The summed E-state index contributed by atoms with van der Waals surface area (Å²) >= 11 is 0. The first-order chi connectivity index (χ1) is 9.99. The molecule has 1 saturated heterocycles. The second-order valence-electron chi connectivity index (χ2n) is 6.11. The van der Waals surface area contributed by atoms with Crippen LogP contribution >= 0.6 is 12.4 Å². The number of hydrogen-bond acceptors (Lipinski definition) is 3. The van der Waals surface area contributed by atoms with Gasteiger partial charge >= 0.3 is 0 Å². The Morgan fingerprint density at radius 1 is 1.32 bits per heavy atom. The van der Waals surface area contributed by atoms with Crippen LogP contribution in [0.25, 0.3) is 0 Å². The second kappa shape index (κ2) is 8.51. The van der Waals surface area contributed by atoms with Gasteiger partial charge in [0.05, 0.1) is 6.04 Å². The number of halogens is 1. The Balaban J connectivity index is 0.00000242. The van der Waals surface area contributed by atoms with E-state index in [2.05, 4.69) is 36.5 Å². The summed E-state index contributed by atoms with van der Waals surface area (Å²) in [5.74, 6) is -0.178. The van der Waals surface area contributed by atoms with Crippen LogP contribution in [0.2, 0.25) is 0 Å². The molecule has 5 heteroatoms. The Labute approximate surface area is 139 Å². The fourth-order valence-corrected chi connectivity index (χ4v) is 2.57. The number of hydrogen-bond donors (Lipinski definition) is 2. The first-order valence-corrected chi connectivity index (χ1v) is 7.73. The fraction of sp³-hybridized carbons (Fsp3) is 0.588. The minimum absolute atomic E-state index is 0. The number of amides is 1. The molecule has 1 heterocycles. The van der Waals surface area contributed by atoms with E-state index in [0.29, 0.717) is 0 Å². The molecule has 1 aromatic carbocycles. The van der Waals surface area contributed by atoms with Crippen molar-refractivity contribution in [2.24, 2.45) is 11.7 Å². The van der Waals surface area contributed by atoms with Crippen LogP contribution in [-0.4, -0.2) is 24.6 Å². The van der Waals surface area contributed by atoms with Gasteiger partial charge in [-0.05, 0) is 32.3 Å². The lowest BCUT2D eigenvalue weighted by Crippen LogP contribution is -2.47. The van der Waals surface area contributed by atoms with Crippen LogP contribution < -0.4 is 11.1 Å². The number of aryl methyl sites for hydroxylation is 1. The molecule has 1 fully saturated rings. The molecular weight excluding hydrogens is 300 g/mol. The van der Waals surface area contributed by atoms with E-state index in [4.69, 9.17) is 10.5 Å². The minimum Gasteiger partial charge on any atom is -0.371 e. The van der Waals surface area contributed by atoms with Crippen molar-refractivity contribution in [2.75, 3.05) is 6.61 Å². The van der Waals surface area contributed by atoms with E-state index < -0.39 is 0 Å². The fourth-order valence-electron chi connectivity index (χ4n) is 2.57. The molecule has 1 aromatic rings. The van der Waals surface area contributed by atoms with Crippen LogP contribution in [0, 0.1) is 12.8 Å². The van der Waals surface area contributed by atoms with Crippen molar-refractivity contribution in [3.8, 4) is 0 Å². The Bertz CT molecular complexity index is 476. The van der Waals surface area contributed by atoms with Crippen LogP contribution in [0.5, 0.6) is 0 Å². The smallest absolute Gasteiger partial charge is 0.224 e. The average Bonchev–Trinajstić information content (AvgIpc) is 2.48. The molecule has 3 N–H and O–H groups in total. The molecule has 4 atom stereocenters. The summed E-state index contributed by atoms with van der Waals surface area (Å²) in [6, 6.07) is 8.20. The Kier molecular flexibility index (Phi) is 7.33. The number of nitrogens with two attached hydrogens (primary N) is 1. The molecule has 0 bridgehead atoms. The topological polar surface area (TPSA) is 64.3 Å². The molecule has 1 aliphatic rings. The van der Waals surface area contributed by atoms with Gasteiger partial charge in [0.25, 0.3) is 0 Å². The number of rotatable bonds is 4. The molecule has 22 heavy (non-hydrogen) atoms. The van der Waals surface area contributed by atoms with E-state index in [1.54, 1.807) is 0 Å². The van der Waals surface area contributed by atoms with Crippen LogP contribution in [0.1, 0.15) is 43.9 Å². The van der Waals surface area contributed by atoms with Gasteiger partial charge in [-0.1, -0.05) is 36.8 Å². The number of benzene rings is 1. The van der Waals surface area contributed by atoms with E-state index in [0.717, 1.165) is 25.0 Å². The molecular formula is C17H27ClN2O2. The summed E-state index contributed by atoms with van der Waals surface area (Å²) in [4.78, 5) is 12.2. The van der Waals surface area contributed by atoms with Crippen molar-refractivity contribution in [1.82, 2.24) is 5.32 Å². The van der Waals surface area contributed by atoms with Crippen molar-refractivity contribution in [3.63, 3.8) is 0 Å². The maximum absolute atomic E-state index is 12.2. The van der Waals surface area contributed by atoms with Crippen LogP contribution in [0.4, 0.5) is 0 Å². The summed E-state index contributed by atoms with van der Waals surface area (Å²) < 4.78 is 5.91. The van der Waals surface area contributed by atoms with Crippen molar-refractivity contribution in [3.05, 3.63) is 35.4 Å². The molecule has 0 aromatic heterocycles. The van der Waals surface area contributed by atoms with E-state index in [9.17, 15) is 4.79 Å². The molecule has 0 radical (unpaired) electrons. The Morgan fingerprint density at radius 3 is 2.55 bits per heavy atom. The van der Waals surface area contributed by atoms with Gasteiger partial charge in [0.2, 0.25) is 5.91 Å². The first-order valence-electron chi connectivity index (χ1n) is 7.73. The third-order valence-electron chi connectivity index (χ3n) is 4.26. The van der Waals surface area contributed by atoms with Crippen molar-refractivity contribution < 1.29 is 9.53 Å². The normalized spacial score (nSPS) is 24.0. The van der Waals surface area contributed by atoms with Crippen LogP contribution in [-0.2, 0) is 9.53 Å². The standard InChI is InChI=1S/C17H26N2O2.ClH/c1-11-6-8-14(9-7-11)16-15(5-4-10-21-16)19-17(20)12(2)13(3)18;/h6-9,12-13,15-16H,4-5,10,18H2,1-3H3,(H,19,20);1H. The highest BCUT2D eigenvalue weighted by atomic mass is 35.5. The molecule has 2 rings (SSSR count). The summed E-state index contributed by atoms with van der Waals surface area (Å²) in [6.45, 7) is 6.53. The molecule has 1 amide bonds. The summed E-state index contributed by atoms with van der Waals surface area (Å²) in [7, 11) is 0. The van der Waals surface area contributed by atoms with E-state index >= 15 is 0 Å². The molecule has 124 valence electrons. The number of ether oxygens (including phenoxy) is 1. The summed E-state index contributed by atoms with van der Waals surface area (Å²) in [5, 5.41) is 3.12. The first kappa shape index (κ1) is 18.9.